The quantitative estimate of drug-likeness (QED) is 0.745. The normalized spacial score (nSPS) is 10.6. The lowest BCUT2D eigenvalue weighted by Gasteiger charge is -2.08. The van der Waals surface area contributed by atoms with Gasteiger partial charge in [0.15, 0.2) is 5.82 Å². The van der Waals surface area contributed by atoms with Crippen molar-refractivity contribution in [3.63, 3.8) is 0 Å². The van der Waals surface area contributed by atoms with Crippen LogP contribution >= 0.6 is 0 Å². The lowest BCUT2D eigenvalue weighted by Crippen LogP contribution is -2.27. The molecule has 7 nitrogen and oxygen atoms in total. The maximum Gasteiger partial charge on any atom is 0.252 e. The third-order valence-electron chi connectivity index (χ3n) is 3.24. The summed E-state index contributed by atoms with van der Waals surface area (Å²) in [6, 6.07) is 9.23. The Morgan fingerprint density at radius 1 is 1.32 bits per heavy atom. The zero-order chi connectivity index (χ0) is 15.4. The van der Waals surface area contributed by atoms with Gasteiger partial charge in [-0.1, -0.05) is 18.2 Å². The molecule has 2 heterocycles. The monoisotopic (exact) mass is 296 g/mol. The topological polar surface area (TPSA) is 88.5 Å². The molecule has 0 atom stereocenters. The van der Waals surface area contributed by atoms with Gasteiger partial charge >= 0.3 is 0 Å². The van der Waals surface area contributed by atoms with Crippen LogP contribution < -0.4 is 5.32 Å². The fourth-order valence-corrected chi connectivity index (χ4v) is 2.19. The molecule has 3 rings (SSSR count). The van der Waals surface area contributed by atoms with Gasteiger partial charge in [-0.15, -0.1) is 0 Å². The number of nitrogens with one attached hydrogen (secondary N) is 2. The predicted octanol–water partition coefficient (Wildman–Crippen LogP) is 1.41. The molecule has 0 radical (unpaired) electrons. The molecular weight excluding hydrogens is 280 g/mol. The molecule has 22 heavy (non-hydrogen) atoms. The van der Waals surface area contributed by atoms with E-state index in [4.69, 9.17) is 0 Å². The average Bonchev–Trinajstić information content (AvgIpc) is 3.19. The highest BCUT2D eigenvalue weighted by Crippen LogP contribution is 2.19. The van der Waals surface area contributed by atoms with E-state index in [0.29, 0.717) is 24.5 Å². The SMILES string of the molecule is Cc1ccn(CCNC(=O)c2ccccc2-c2ncn[nH]2)n1. The molecule has 2 N–H and O–H groups in total. The summed E-state index contributed by atoms with van der Waals surface area (Å²) < 4.78 is 1.80. The van der Waals surface area contributed by atoms with Gasteiger partial charge < -0.3 is 5.32 Å². The van der Waals surface area contributed by atoms with Crippen LogP contribution in [0.4, 0.5) is 0 Å². The van der Waals surface area contributed by atoms with Crippen molar-refractivity contribution in [1.29, 1.82) is 0 Å². The Labute approximate surface area is 127 Å². The highest BCUT2D eigenvalue weighted by molar-refractivity contribution is 6.00. The maximum atomic E-state index is 12.4. The number of hydrogen-bond donors (Lipinski definition) is 2. The van der Waals surface area contributed by atoms with E-state index >= 15 is 0 Å². The van der Waals surface area contributed by atoms with Gasteiger partial charge in [0.05, 0.1) is 17.8 Å². The summed E-state index contributed by atoms with van der Waals surface area (Å²) in [5.74, 6) is 0.435. The molecule has 0 unspecified atom stereocenters. The van der Waals surface area contributed by atoms with Crippen molar-refractivity contribution in [3.8, 4) is 11.4 Å². The summed E-state index contributed by atoms with van der Waals surface area (Å²) in [6.45, 7) is 3.07. The van der Waals surface area contributed by atoms with E-state index in [1.54, 1.807) is 10.7 Å². The van der Waals surface area contributed by atoms with Gasteiger partial charge in [-0.3, -0.25) is 14.6 Å². The minimum atomic E-state index is -0.143. The standard InChI is InChI=1S/C15H16N6O/c1-11-6-8-21(20-11)9-7-16-15(22)13-5-3-2-4-12(13)14-17-10-18-19-14/h2-6,8,10H,7,9H2,1H3,(H,16,22)(H,17,18,19). The van der Waals surface area contributed by atoms with Crippen LogP contribution in [-0.2, 0) is 6.54 Å². The number of aryl methyl sites for hydroxylation is 1. The third kappa shape index (κ3) is 3.03. The molecule has 0 spiro atoms. The average molecular weight is 296 g/mol. The zero-order valence-electron chi connectivity index (χ0n) is 12.2. The number of amides is 1. The van der Waals surface area contributed by atoms with Crippen LogP contribution in [0.15, 0.2) is 42.9 Å². The Hall–Kier alpha value is -2.96. The molecule has 0 aliphatic rings. The number of carbonyl (C=O) groups excluding carboxylic acids is 1. The molecule has 0 aliphatic heterocycles. The van der Waals surface area contributed by atoms with Crippen molar-refractivity contribution in [2.24, 2.45) is 0 Å². The Kier molecular flexibility index (Phi) is 3.95. The van der Waals surface area contributed by atoms with Crippen molar-refractivity contribution in [2.75, 3.05) is 6.54 Å². The van der Waals surface area contributed by atoms with Crippen LogP contribution in [0, 0.1) is 6.92 Å². The molecule has 0 bridgehead atoms. The molecule has 0 aliphatic carbocycles. The van der Waals surface area contributed by atoms with Gasteiger partial charge in [-0.2, -0.15) is 10.2 Å². The summed E-state index contributed by atoms with van der Waals surface area (Å²) >= 11 is 0. The van der Waals surface area contributed by atoms with Crippen LogP contribution in [0.2, 0.25) is 0 Å². The van der Waals surface area contributed by atoms with Gasteiger partial charge in [-0.25, -0.2) is 4.98 Å². The molecule has 7 heteroatoms. The van der Waals surface area contributed by atoms with E-state index < -0.39 is 0 Å². The number of H-pyrrole nitrogens is 1. The first-order valence-corrected chi connectivity index (χ1v) is 6.97. The van der Waals surface area contributed by atoms with E-state index in [1.165, 1.54) is 6.33 Å². The molecule has 2 aromatic heterocycles. The smallest absolute Gasteiger partial charge is 0.252 e. The third-order valence-corrected chi connectivity index (χ3v) is 3.24. The molecule has 3 aromatic rings. The van der Waals surface area contributed by atoms with Crippen LogP contribution in [0.5, 0.6) is 0 Å². The van der Waals surface area contributed by atoms with Gasteiger partial charge in [0.1, 0.15) is 6.33 Å². The molecule has 1 aromatic carbocycles. The first-order chi connectivity index (χ1) is 10.7. The molecule has 0 fully saturated rings. The second kappa shape index (κ2) is 6.21. The van der Waals surface area contributed by atoms with E-state index in [-0.39, 0.29) is 5.91 Å². The van der Waals surface area contributed by atoms with E-state index in [9.17, 15) is 4.79 Å². The Morgan fingerprint density at radius 3 is 2.91 bits per heavy atom. The number of aromatic amines is 1. The number of carbonyl (C=O) groups is 1. The van der Waals surface area contributed by atoms with Crippen molar-refractivity contribution in [1.82, 2.24) is 30.3 Å². The highest BCUT2D eigenvalue weighted by Gasteiger charge is 2.13. The molecule has 1 amide bonds. The Bertz CT molecular complexity index is 762. The van der Waals surface area contributed by atoms with E-state index in [0.717, 1.165) is 11.3 Å². The lowest BCUT2D eigenvalue weighted by atomic mass is 10.1. The highest BCUT2D eigenvalue weighted by atomic mass is 16.1. The summed E-state index contributed by atoms with van der Waals surface area (Å²) in [5.41, 5.74) is 2.25. The number of aromatic nitrogens is 5. The van der Waals surface area contributed by atoms with Crippen molar-refractivity contribution >= 4 is 5.91 Å². The Balaban J connectivity index is 1.68. The molecule has 0 saturated carbocycles. The van der Waals surface area contributed by atoms with Gasteiger partial charge in [0.25, 0.3) is 5.91 Å². The number of rotatable bonds is 5. The predicted molar refractivity (Wildman–Crippen MR) is 81.1 cm³/mol. The zero-order valence-corrected chi connectivity index (χ0v) is 12.2. The first kappa shape index (κ1) is 14.0. The summed E-state index contributed by atoms with van der Waals surface area (Å²) in [6.07, 6.45) is 3.31. The van der Waals surface area contributed by atoms with Crippen LogP contribution in [0.25, 0.3) is 11.4 Å². The van der Waals surface area contributed by atoms with Crippen LogP contribution in [0.3, 0.4) is 0 Å². The first-order valence-electron chi connectivity index (χ1n) is 6.97. The van der Waals surface area contributed by atoms with Gasteiger partial charge in [0.2, 0.25) is 0 Å². The molecule has 0 saturated heterocycles. The number of hydrogen-bond acceptors (Lipinski definition) is 4. The number of nitrogens with zero attached hydrogens (tertiary/aromatic N) is 4. The van der Waals surface area contributed by atoms with E-state index in [1.807, 2.05) is 37.4 Å². The number of benzene rings is 1. The summed E-state index contributed by atoms with van der Waals surface area (Å²) in [7, 11) is 0. The molecular formula is C15H16N6O. The maximum absolute atomic E-state index is 12.4. The summed E-state index contributed by atoms with van der Waals surface area (Å²) in [5, 5.41) is 13.8. The largest absolute Gasteiger partial charge is 0.350 e. The lowest BCUT2D eigenvalue weighted by molar-refractivity contribution is 0.0952. The second-order valence-corrected chi connectivity index (χ2v) is 4.86. The van der Waals surface area contributed by atoms with Gasteiger partial charge in [0, 0.05) is 18.3 Å². The summed E-state index contributed by atoms with van der Waals surface area (Å²) in [4.78, 5) is 16.5. The second-order valence-electron chi connectivity index (χ2n) is 4.86. The van der Waals surface area contributed by atoms with Crippen molar-refractivity contribution in [3.05, 3.63) is 54.1 Å². The minimum absolute atomic E-state index is 0.143. The Morgan fingerprint density at radius 2 is 2.18 bits per heavy atom. The van der Waals surface area contributed by atoms with E-state index in [2.05, 4.69) is 25.6 Å². The van der Waals surface area contributed by atoms with Crippen LogP contribution in [0.1, 0.15) is 16.1 Å². The molecule has 112 valence electrons. The van der Waals surface area contributed by atoms with Crippen molar-refractivity contribution < 1.29 is 4.79 Å². The fraction of sp³-hybridized carbons (Fsp3) is 0.200. The fourth-order valence-electron chi connectivity index (χ4n) is 2.19. The van der Waals surface area contributed by atoms with Crippen molar-refractivity contribution in [2.45, 2.75) is 13.5 Å². The van der Waals surface area contributed by atoms with Crippen LogP contribution in [-0.4, -0.2) is 37.4 Å². The minimum Gasteiger partial charge on any atom is -0.350 e. The van der Waals surface area contributed by atoms with Gasteiger partial charge in [-0.05, 0) is 19.1 Å².